The molecule has 1 aliphatic heterocycles. The van der Waals surface area contributed by atoms with Gasteiger partial charge < -0.3 is 4.90 Å². The molecule has 1 fully saturated rings. The molecule has 15 heavy (non-hydrogen) atoms. The molecule has 1 heterocycles. The van der Waals surface area contributed by atoms with E-state index in [2.05, 4.69) is 34.8 Å². The third-order valence-electron chi connectivity index (χ3n) is 2.76. The Morgan fingerprint density at radius 2 is 1.93 bits per heavy atom. The number of piperazine rings is 1. The Hall–Kier alpha value is -0.670. The van der Waals surface area contributed by atoms with E-state index < -0.39 is 0 Å². The lowest BCUT2D eigenvalue weighted by Crippen LogP contribution is -2.45. The normalized spacial score (nSPS) is 21.4. The van der Waals surface area contributed by atoms with E-state index in [-0.39, 0.29) is 0 Å². The minimum Gasteiger partial charge on any atom is -0.304 e. The molecule has 1 saturated heterocycles. The van der Waals surface area contributed by atoms with Gasteiger partial charge in [-0.1, -0.05) is 13.0 Å². The van der Waals surface area contributed by atoms with Crippen molar-refractivity contribution in [2.45, 2.75) is 13.3 Å². The molecule has 0 amide bonds. The molecule has 86 valence electrons. The molecule has 3 heteroatoms. The maximum atomic E-state index is 4.10. The third-order valence-corrected chi connectivity index (χ3v) is 2.76. The van der Waals surface area contributed by atoms with Crippen molar-refractivity contribution in [3.05, 3.63) is 11.6 Å². The Labute approximate surface area is 93.5 Å². The van der Waals surface area contributed by atoms with Crippen molar-refractivity contribution in [2.75, 3.05) is 46.8 Å². The van der Waals surface area contributed by atoms with Crippen molar-refractivity contribution < 1.29 is 0 Å². The summed E-state index contributed by atoms with van der Waals surface area (Å²) in [6.45, 7) is 7.95. The van der Waals surface area contributed by atoms with E-state index in [9.17, 15) is 0 Å². The van der Waals surface area contributed by atoms with Crippen molar-refractivity contribution >= 4 is 6.21 Å². The Morgan fingerprint density at radius 1 is 1.27 bits per heavy atom. The van der Waals surface area contributed by atoms with Crippen LogP contribution in [0.1, 0.15) is 13.3 Å². The summed E-state index contributed by atoms with van der Waals surface area (Å²) in [4.78, 5) is 8.99. The zero-order chi connectivity index (χ0) is 11.1. The van der Waals surface area contributed by atoms with Crippen molar-refractivity contribution in [3.63, 3.8) is 0 Å². The van der Waals surface area contributed by atoms with Gasteiger partial charge in [0.05, 0.1) is 0 Å². The summed E-state index contributed by atoms with van der Waals surface area (Å²) in [7, 11) is 4.03. The number of allylic oxidation sites excluding steroid dienone is 1. The van der Waals surface area contributed by atoms with E-state index in [1.165, 1.54) is 31.8 Å². The molecular formula is C12H23N3. The molecule has 1 rings (SSSR count). The van der Waals surface area contributed by atoms with E-state index in [4.69, 9.17) is 0 Å². The molecular weight excluding hydrogens is 186 g/mol. The van der Waals surface area contributed by atoms with Crippen molar-refractivity contribution in [1.82, 2.24) is 9.80 Å². The Bertz CT molecular complexity index is 225. The number of hydrogen-bond acceptors (Lipinski definition) is 3. The fraction of sp³-hybridized carbons (Fsp3) is 0.750. The monoisotopic (exact) mass is 209 g/mol. The van der Waals surface area contributed by atoms with E-state index >= 15 is 0 Å². The number of hydrogen-bond donors (Lipinski definition) is 0. The standard InChI is InChI=1S/C12H23N3/c1-4-5-12(10-13-2)11-15-8-6-14(3)7-9-15/h5,10H,4,6-9,11H2,1-3H3/b12-5+,13-10?. The zero-order valence-corrected chi connectivity index (χ0v) is 10.2. The lowest BCUT2D eigenvalue weighted by Gasteiger charge is -2.32. The van der Waals surface area contributed by atoms with Crippen LogP contribution in [0.2, 0.25) is 0 Å². The average molecular weight is 209 g/mol. The quantitative estimate of drug-likeness (QED) is 0.649. The van der Waals surface area contributed by atoms with Crippen LogP contribution in [0.25, 0.3) is 0 Å². The molecule has 0 aromatic heterocycles. The Morgan fingerprint density at radius 3 is 2.47 bits per heavy atom. The van der Waals surface area contributed by atoms with E-state index in [0.29, 0.717) is 0 Å². The van der Waals surface area contributed by atoms with E-state index in [1.54, 1.807) is 0 Å². The van der Waals surface area contributed by atoms with Gasteiger partial charge in [0, 0.05) is 46.0 Å². The molecule has 0 aromatic carbocycles. The lowest BCUT2D eigenvalue weighted by atomic mass is 10.2. The molecule has 1 aliphatic rings. The highest BCUT2D eigenvalue weighted by atomic mass is 15.2. The predicted molar refractivity (Wildman–Crippen MR) is 66.7 cm³/mol. The SMILES string of the molecule is CC/C=C(\C=NC)CN1CCN(C)CC1. The van der Waals surface area contributed by atoms with Crippen LogP contribution >= 0.6 is 0 Å². The van der Waals surface area contributed by atoms with Crippen LogP contribution in [-0.4, -0.2) is 62.8 Å². The van der Waals surface area contributed by atoms with Crippen LogP contribution in [0, 0.1) is 0 Å². The fourth-order valence-corrected chi connectivity index (χ4v) is 1.85. The molecule has 0 unspecified atom stereocenters. The third kappa shape index (κ3) is 4.58. The summed E-state index contributed by atoms with van der Waals surface area (Å²) in [6.07, 6.45) is 5.35. The van der Waals surface area contributed by atoms with Crippen molar-refractivity contribution in [1.29, 1.82) is 0 Å². The largest absolute Gasteiger partial charge is 0.304 e. The molecule has 0 aliphatic carbocycles. The molecule has 0 radical (unpaired) electrons. The molecule has 0 N–H and O–H groups in total. The van der Waals surface area contributed by atoms with Gasteiger partial charge in [-0.05, 0) is 19.0 Å². The number of aliphatic imine (C=N–C) groups is 1. The molecule has 0 atom stereocenters. The molecule has 0 bridgehead atoms. The predicted octanol–water partition coefficient (Wildman–Crippen LogP) is 1.27. The number of likely N-dealkylation sites (N-methyl/N-ethyl adjacent to an activating group) is 1. The van der Waals surface area contributed by atoms with Gasteiger partial charge in [0.25, 0.3) is 0 Å². The molecule has 0 spiro atoms. The van der Waals surface area contributed by atoms with Gasteiger partial charge in [0.15, 0.2) is 0 Å². The Kier molecular flexibility index (Phi) is 5.58. The van der Waals surface area contributed by atoms with Gasteiger partial charge in [-0.3, -0.25) is 9.89 Å². The highest BCUT2D eigenvalue weighted by Gasteiger charge is 2.13. The van der Waals surface area contributed by atoms with Crippen LogP contribution in [-0.2, 0) is 0 Å². The van der Waals surface area contributed by atoms with Crippen molar-refractivity contribution in [3.8, 4) is 0 Å². The first-order valence-corrected chi connectivity index (χ1v) is 5.78. The van der Waals surface area contributed by atoms with Crippen LogP contribution in [0.15, 0.2) is 16.6 Å². The lowest BCUT2D eigenvalue weighted by molar-refractivity contribution is 0.165. The maximum absolute atomic E-state index is 4.10. The first-order valence-electron chi connectivity index (χ1n) is 5.78. The van der Waals surface area contributed by atoms with Gasteiger partial charge >= 0.3 is 0 Å². The second-order valence-electron chi connectivity index (χ2n) is 4.15. The topological polar surface area (TPSA) is 18.8 Å². The van der Waals surface area contributed by atoms with E-state index in [0.717, 1.165) is 13.0 Å². The molecule has 0 saturated carbocycles. The minimum atomic E-state index is 1.05. The number of rotatable bonds is 4. The smallest absolute Gasteiger partial charge is 0.0277 e. The first-order chi connectivity index (χ1) is 7.26. The second-order valence-corrected chi connectivity index (χ2v) is 4.15. The van der Waals surface area contributed by atoms with Gasteiger partial charge in [-0.15, -0.1) is 0 Å². The fourth-order valence-electron chi connectivity index (χ4n) is 1.85. The molecule has 0 aromatic rings. The van der Waals surface area contributed by atoms with Crippen LogP contribution < -0.4 is 0 Å². The average Bonchev–Trinajstić information content (AvgIpc) is 2.22. The highest BCUT2D eigenvalue weighted by Crippen LogP contribution is 2.03. The van der Waals surface area contributed by atoms with E-state index in [1.807, 2.05) is 13.3 Å². The summed E-state index contributed by atoms with van der Waals surface area (Å²) < 4.78 is 0. The van der Waals surface area contributed by atoms with Crippen molar-refractivity contribution in [2.24, 2.45) is 4.99 Å². The Balaban J connectivity index is 2.41. The summed E-state index contributed by atoms with van der Waals surface area (Å²) in [5.41, 5.74) is 1.35. The summed E-state index contributed by atoms with van der Waals surface area (Å²) in [5, 5.41) is 0. The summed E-state index contributed by atoms with van der Waals surface area (Å²) in [5.74, 6) is 0. The highest BCUT2D eigenvalue weighted by molar-refractivity contribution is 5.78. The zero-order valence-electron chi connectivity index (χ0n) is 10.2. The maximum Gasteiger partial charge on any atom is 0.0277 e. The van der Waals surface area contributed by atoms with Gasteiger partial charge in [0.2, 0.25) is 0 Å². The van der Waals surface area contributed by atoms with Gasteiger partial charge in [-0.25, -0.2) is 0 Å². The molecule has 3 nitrogen and oxygen atoms in total. The minimum absolute atomic E-state index is 1.05. The summed E-state index contributed by atoms with van der Waals surface area (Å²) >= 11 is 0. The van der Waals surface area contributed by atoms with Crippen LogP contribution in [0.4, 0.5) is 0 Å². The first kappa shape index (κ1) is 12.4. The van der Waals surface area contributed by atoms with Crippen LogP contribution in [0.3, 0.4) is 0 Å². The van der Waals surface area contributed by atoms with Crippen LogP contribution in [0.5, 0.6) is 0 Å². The van der Waals surface area contributed by atoms with Gasteiger partial charge in [0.1, 0.15) is 0 Å². The summed E-state index contributed by atoms with van der Waals surface area (Å²) in [6, 6.07) is 0. The van der Waals surface area contributed by atoms with Gasteiger partial charge in [-0.2, -0.15) is 0 Å². The second kappa shape index (κ2) is 6.75. The number of nitrogens with zero attached hydrogens (tertiary/aromatic N) is 3.